The first-order chi connectivity index (χ1) is 16.4. The van der Waals surface area contributed by atoms with E-state index in [0.29, 0.717) is 31.7 Å². The van der Waals surface area contributed by atoms with E-state index in [1.165, 1.54) is 5.01 Å². The Labute approximate surface area is 198 Å². The fraction of sp³-hybridized carbons (Fsp3) is 0.320. The Kier molecular flexibility index (Phi) is 7.06. The minimum atomic E-state index is -1.30. The number of nitrogens with one attached hydrogen (secondary N) is 1. The van der Waals surface area contributed by atoms with E-state index < -0.39 is 16.9 Å². The highest BCUT2D eigenvalue weighted by atomic mass is 16.7. The second-order valence-electron chi connectivity index (χ2n) is 8.30. The first kappa shape index (κ1) is 23.6. The summed E-state index contributed by atoms with van der Waals surface area (Å²) in [5.41, 5.74) is 7.74. The highest BCUT2D eigenvalue weighted by molar-refractivity contribution is 5.91. The number of fused-ring (bicyclic) bond motifs is 1. The molecule has 2 aromatic carbocycles. The zero-order chi connectivity index (χ0) is 24.1. The Morgan fingerprint density at radius 3 is 2.71 bits per heavy atom. The summed E-state index contributed by atoms with van der Waals surface area (Å²) in [6, 6.07) is 16.3. The van der Waals surface area contributed by atoms with E-state index in [0.717, 1.165) is 21.9 Å². The number of ether oxygens (including phenoxy) is 1. The Balaban J connectivity index is 1.43. The lowest BCUT2D eigenvalue weighted by Gasteiger charge is -2.52. The van der Waals surface area contributed by atoms with Gasteiger partial charge in [-0.05, 0) is 42.0 Å². The van der Waals surface area contributed by atoms with Gasteiger partial charge in [0.15, 0.2) is 0 Å². The molecule has 1 aromatic heterocycles. The van der Waals surface area contributed by atoms with Gasteiger partial charge in [0.2, 0.25) is 5.91 Å². The average molecular weight is 464 g/mol. The lowest BCUT2D eigenvalue weighted by molar-refractivity contribution is -0.940. The highest BCUT2D eigenvalue weighted by Crippen LogP contribution is 2.28. The second kappa shape index (κ2) is 10.2. The fourth-order valence-corrected chi connectivity index (χ4v) is 4.17. The summed E-state index contributed by atoms with van der Waals surface area (Å²) in [7, 11) is 0. The number of carbonyl (C=O) groups excluding carboxylic acids is 2. The van der Waals surface area contributed by atoms with Crippen LogP contribution in [0.1, 0.15) is 24.5 Å². The summed E-state index contributed by atoms with van der Waals surface area (Å²) in [6.45, 7) is 2.36. The predicted octanol–water partition coefficient (Wildman–Crippen LogP) is 3.14. The molecule has 0 bridgehead atoms. The van der Waals surface area contributed by atoms with Crippen LogP contribution in [0.3, 0.4) is 0 Å². The Morgan fingerprint density at radius 1 is 1.21 bits per heavy atom. The number of amides is 2. The van der Waals surface area contributed by atoms with E-state index in [2.05, 4.69) is 10.3 Å². The van der Waals surface area contributed by atoms with Gasteiger partial charge in [0, 0.05) is 24.5 Å². The molecule has 0 radical (unpaired) electrons. The molecule has 2 atom stereocenters. The quantitative estimate of drug-likeness (QED) is 0.389. The number of carbonyl (C=O) groups is 2. The SMILES string of the molecule is CCOC(=O)[N+]([O-])(CCc1ccccc1)N1CC[C@H]1C(=O)NCc1ccc2c(N)nccc2c1. The molecule has 0 spiro atoms. The average Bonchev–Trinajstić information content (AvgIpc) is 2.81. The normalized spacial score (nSPS) is 17.5. The van der Waals surface area contributed by atoms with Crippen LogP contribution in [0, 0.1) is 5.21 Å². The molecule has 2 heterocycles. The van der Waals surface area contributed by atoms with Gasteiger partial charge in [-0.15, -0.1) is 5.01 Å². The number of anilines is 1. The monoisotopic (exact) mass is 463 g/mol. The highest BCUT2D eigenvalue weighted by Gasteiger charge is 2.49. The molecule has 4 rings (SSSR count). The van der Waals surface area contributed by atoms with Crippen molar-refractivity contribution in [2.45, 2.75) is 32.4 Å². The number of hydrogen-bond donors (Lipinski definition) is 2. The van der Waals surface area contributed by atoms with Crippen LogP contribution >= 0.6 is 0 Å². The number of nitrogen functional groups attached to an aromatic ring is 1. The number of rotatable bonds is 8. The summed E-state index contributed by atoms with van der Waals surface area (Å²) in [6.07, 6.45) is 1.64. The van der Waals surface area contributed by atoms with Crippen molar-refractivity contribution < 1.29 is 19.1 Å². The van der Waals surface area contributed by atoms with Gasteiger partial charge in [0.1, 0.15) is 18.4 Å². The minimum Gasteiger partial charge on any atom is -0.601 e. The molecular formula is C25H29N5O4. The fourth-order valence-electron chi connectivity index (χ4n) is 4.17. The first-order valence-corrected chi connectivity index (χ1v) is 11.4. The molecule has 0 aliphatic carbocycles. The van der Waals surface area contributed by atoms with Crippen LogP contribution in [-0.2, 0) is 22.5 Å². The van der Waals surface area contributed by atoms with Crippen molar-refractivity contribution in [2.24, 2.45) is 0 Å². The van der Waals surface area contributed by atoms with E-state index in [-0.39, 0.29) is 19.1 Å². The third kappa shape index (κ3) is 4.86. The maximum Gasteiger partial charge on any atom is 0.536 e. The molecule has 34 heavy (non-hydrogen) atoms. The molecular weight excluding hydrogens is 434 g/mol. The largest absolute Gasteiger partial charge is 0.601 e. The van der Waals surface area contributed by atoms with Crippen LogP contribution < -0.4 is 11.1 Å². The van der Waals surface area contributed by atoms with Crippen LogP contribution in [0.5, 0.6) is 0 Å². The maximum atomic E-state index is 13.7. The van der Waals surface area contributed by atoms with Crippen molar-refractivity contribution in [1.82, 2.24) is 15.3 Å². The molecule has 1 unspecified atom stereocenters. The molecule has 9 heteroatoms. The van der Waals surface area contributed by atoms with E-state index in [1.807, 2.05) is 54.6 Å². The number of aromatic nitrogens is 1. The molecule has 2 amide bonds. The van der Waals surface area contributed by atoms with Crippen molar-refractivity contribution in [2.75, 3.05) is 25.4 Å². The molecule has 1 fully saturated rings. The van der Waals surface area contributed by atoms with Crippen molar-refractivity contribution >= 4 is 28.6 Å². The summed E-state index contributed by atoms with van der Waals surface area (Å²) >= 11 is 0. The Hall–Kier alpha value is -3.53. The zero-order valence-electron chi connectivity index (χ0n) is 19.1. The van der Waals surface area contributed by atoms with Gasteiger partial charge >= 0.3 is 6.09 Å². The molecule has 3 N–H and O–H groups in total. The van der Waals surface area contributed by atoms with Gasteiger partial charge < -0.3 is 21.0 Å². The van der Waals surface area contributed by atoms with Crippen molar-refractivity contribution in [3.63, 3.8) is 0 Å². The number of hydroxylamine groups is 2. The smallest absolute Gasteiger partial charge is 0.536 e. The van der Waals surface area contributed by atoms with Crippen LogP contribution in [0.25, 0.3) is 10.8 Å². The van der Waals surface area contributed by atoms with Gasteiger partial charge in [-0.2, -0.15) is 9.55 Å². The Bertz CT molecular complexity index is 1170. The summed E-state index contributed by atoms with van der Waals surface area (Å²) < 4.78 is 3.79. The maximum absolute atomic E-state index is 13.7. The number of nitrogens with two attached hydrogens (primary N) is 1. The van der Waals surface area contributed by atoms with Crippen LogP contribution in [0.4, 0.5) is 10.6 Å². The molecule has 1 aliphatic rings. The van der Waals surface area contributed by atoms with Gasteiger partial charge in [-0.25, -0.2) is 4.98 Å². The zero-order valence-corrected chi connectivity index (χ0v) is 19.1. The van der Waals surface area contributed by atoms with Crippen LogP contribution in [-0.4, -0.2) is 52.5 Å². The Morgan fingerprint density at radius 2 is 2.00 bits per heavy atom. The summed E-state index contributed by atoms with van der Waals surface area (Å²) in [5, 5.41) is 19.8. The number of pyridine rings is 1. The topological polar surface area (TPSA) is 121 Å². The lowest BCUT2D eigenvalue weighted by atomic mass is 10.0. The van der Waals surface area contributed by atoms with Crippen molar-refractivity contribution in [3.8, 4) is 0 Å². The van der Waals surface area contributed by atoms with E-state index in [4.69, 9.17) is 10.5 Å². The molecule has 1 saturated heterocycles. The standard InChI is InChI=1S/C25H29N5O4/c1-2-34-25(32)30(33,15-12-18-6-4-3-5-7-18)29-14-11-22(29)24(31)28-17-19-8-9-21-20(16-19)10-13-27-23(21)26/h3-10,13,16,22H,2,11-12,14-15,17H2,1H3,(H2,26,27)(H,28,31)/t22-,30?/m0/s1. The van der Waals surface area contributed by atoms with Crippen LogP contribution in [0.2, 0.25) is 0 Å². The van der Waals surface area contributed by atoms with E-state index in [1.54, 1.807) is 13.1 Å². The van der Waals surface area contributed by atoms with Crippen molar-refractivity contribution in [3.05, 3.63) is 77.1 Å². The predicted molar refractivity (Wildman–Crippen MR) is 129 cm³/mol. The number of nitrogens with zero attached hydrogens (tertiary/aromatic N) is 3. The summed E-state index contributed by atoms with van der Waals surface area (Å²) in [4.78, 5) is 29.7. The number of benzene rings is 2. The lowest BCUT2D eigenvalue weighted by Crippen LogP contribution is -2.71. The molecule has 178 valence electrons. The third-order valence-corrected chi connectivity index (χ3v) is 6.13. The van der Waals surface area contributed by atoms with Gasteiger partial charge in [-0.1, -0.05) is 42.5 Å². The van der Waals surface area contributed by atoms with Gasteiger partial charge in [0.25, 0.3) is 0 Å². The van der Waals surface area contributed by atoms with Gasteiger partial charge in [0.05, 0.1) is 13.2 Å². The first-order valence-electron chi connectivity index (χ1n) is 11.4. The van der Waals surface area contributed by atoms with E-state index >= 15 is 0 Å². The third-order valence-electron chi connectivity index (χ3n) is 6.13. The molecule has 9 nitrogen and oxygen atoms in total. The number of quaternary nitrogens is 1. The van der Waals surface area contributed by atoms with Gasteiger partial charge in [-0.3, -0.25) is 4.79 Å². The molecule has 1 aliphatic heterocycles. The molecule has 3 aromatic rings. The van der Waals surface area contributed by atoms with Crippen LogP contribution in [0.15, 0.2) is 60.8 Å². The number of hydrogen-bond acceptors (Lipinski definition) is 7. The molecule has 0 saturated carbocycles. The second-order valence-corrected chi connectivity index (χ2v) is 8.30. The summed E-state index contributed by atoms with van der Waals surface area (Å²) in [5.74, 6) is 0.167. The minimum absolute atomic E-state index is 0.0350. The van der Waals surface area contributed by atoms with E-state index in [9.17, 15) is 14.8 Å². The van der Waals surface area contributed by atoms with Crippen molar-refractivity contribution in [1.29, 1.82) is 0 Å².